The zero-order valence-corrected chi connectivity index (χ0v) is 18.0. The molecule has 1 atom stereocenters. The van der Waals surface area contributed by atoms with E-state index in [-0.39, 0.29) is 11.3 Å². The maximum absolute atomic E-state index is 13.2. The van der Waals surface area contributed by atoms with Crippen molar-refractivity contribution in [1.82, 2.24) is 0 Å². The topological polar surface area (TPSA) is 89.2 Å². The van der Waals surface area contributed by atoms with Crippen molar-refractivity contribution < 1.29 is 28.6 Å². The van der Waals surface area contributed by atoms with Crippen LogP contribution in [-0.2, 0) is 11.2 Å². The standard InChI is InChI=1S/C25H23NO6/c1-4-15-7-9-16(10-8-15)22-21(23(27)19-6-5-13-32-19)24(28)25(29)26(22)17-11-12-18(30-2)20(14-17)31-3/h5-14,22,28H,4H2,1-3H3. The highest BCUT2D eigenvalue weighted by Crippen LogP contribution is 2.44. The van der Waals surface area contributed by atoms with E-state index >= 15 is 0 Å². The second-order valence-electron chi connectivity index (χ2n) is 7.28. The normalized spacial score (nSPS) is 15.9. The molecule has 4 rings (SSSR count). The van der Waals surface area contributed by atoms with Crippen LogP contribution < -0.4 is 14.4 Å². The Morgan fingerprint density at radius 2 is 1.78 bits per heavy atom. The number of carbonyl (C=O) groups is 2. The SMILES string of the molecule is CCc1ccc(C2C(C(=O)c3ccco3)=C(O)C(=O)N2c2ccc(OC)c(OC)c2)cc1. The number of aliphatic hydroxyl groups is 1. The first kappa shape index (κ1) is 21.2. The lowest BCUT2D eigenvalue weighted by Crippen LogP contribution is -2.31. The molecule has 164 valence electrons. The molecule has 0 saturated heterocycles. The number of benzene rings is 2. The second kappa shape index (κ2) is 8.63. The molecule has 7 heteroatoms. The van der Waals surface area contributed by atoms with Crippen LogP contribution >= 0.6 is 0 Å². The molecule has 0 radical (unpaired) electrons. The molecule has 0 fully saturated rings. The summed E-state index contributed by atoms with van der Waals surface area (Å²) in [6, 6.07) is 14.8. The first-order chi connectivity index (χ1) is 15.5. The number of furan rings is 1. The Morgan fingerprint density at radius 1 is 1.06 bits per heavy atom. The van der Waals surface area contributed by atoms with Gasteiger partial charge in [-0.2, -0.15) is 0 Å². The summed E-state index contributed by atoms with van der Waals surface area (Å²) in [6.07, 6.45) is 2.22. The lowest BCUT2D eigenvalue weighted by Gasteiger charge is -2.27. The first-order valence-electron chi connectivity index (χ1n) is 10.2. The number of ketones is 1. The van der Waals surface area contributed by atoms with Crippen LogP contribution in [0.4, 0.5) is 5.69 Å². The lowest BCUT2D eigenvalue weighted by atomic mass is 9.94. The van der Waals surface area contributed by atoms with Crippen molar-refractivity contribution in [2.75, 3.05) is 19.1 Å². The average Bonchev–Trinajstić information content (AvgIpc) is 3.46. The van der Waals surface area contributed by atoms with Gasteiger partial charge in [-0.15, -0.1) is 0 Å². The number of hydrogen-bond acceptors (Lipinski definition) is 6. The molecule has 2 heterocycles. The number of ether oxygens (including phenoxy) is 2. The van der Waals surface area contributed by atoms with Gasteiger partial charge < -0.3 is 19.0 Å². The fraction of sp³-hybridized carbons (Fsp3) is 0.200. The van der Waals surface area contributed by atoms with Gasteiger partial charge in [0.1, 0.15) is 0 Å². The molecule has 1 N–H and O–H groups in total. The van der Waals surface area contributed by atoms with Crippen LogP contribution in [0.2, 0.25) is 0 Å². The number of methoxy groups -OCH3 is 2. The van der Waals surface area contributed by atoms with Gasteiger partial charge >= 0.3 is 0 Å². The Morgan fingerprint density at radius 3 is 2.38 bits per heavy atom. The molecule has 7 nitrogen and oxygen atoms in total. The van der Waals surface area contributed by atoms with Gasteiger partial charge in [0.05, 0.1) is 32.1 Å². The van der Waals surface area contributed by atoms with E-state index in [4.69, 9.17) is 13.9 Å². The minimum absolute atomic E-state index is 0.0380. The summed E-state index contributed by atoms with van der Waals surface area (Å²) in [4.78, 5) is 27.8. The molecule has 2 aromatic carbocycles. The van der Waals surface area contributed by atoms with Gasteiger partial charge in [0.25, 0.3) is 5.91 Å². The highest BCUT2D eigenvalue weighted by molar-refractivity contribution is 6.20. The number of Topliss-reactive ketones (excluding diaryl/α,β-unsaturated/α-hetero) is 1. The van der Waals surface area contributed by atoms with Gasteiger partial charge in [-0.1, -0.05) is 31.2 Å². The van der Waals surface area contributed by atoms with Crippen molar-refractivity contribution in [2.24, 2.45) is 0 Å². The van der Waals surface area contributed by atoms with Crippen molar-refractivity contribution in [3.05, 3.63) is 89.1 Å². The quantitative estimate of drug-likeness (QED) is 0.546. The molecule has 0 aliphatic carbocycles. The summed E-state index contributed by atoms with van der Waals surface area (Å²) in [5.74, 6) is -0.876. The Hall–Kier alpha value is -4.00. The molecular weight excluding hydrogens is 410 g/mol. The van der Waals surface area contributed by atoms with Crippen LogP contribution in [-0.4, -0.2) is 31.0 Å². The lowest BCUT2D eigenvalue weighted by molar-refractivity contribution is -0.117. The van der Waals surface area contributed by atoms with Crippen molar-refractivity contribution in [3.8, 4) is 11.5 Å². The maximum Gasteiger partial charge on any atom is 0.294 e. The van der Waals surface area contributed by atoms with Crippen LogP contribution in [0.25, 0.3) is 0 Å². The van der Waals surface area contributed by atoms with Crippen molar-refractivity contribution in [1.29, 1.82) is 0 Å². The largest absolute Gasteiger partial charge is 0.503 e. The third-order valence-electron chi connectivity index (χ3n) is 5.55. The monoisotopic (exact) mass is 433 g/mol. The first-order valence-corrected chi connectivity index (χ1v) is 10.2. The third-order valence-corrected chi connectivity index (χ3v) is 5.55. The summed E-state index contributed by atoms with van der Waals surface area (Å²) in [7, 11) is 3.01. The number of amides is 1. The predicted molar refractivity (Wildman–Crippen MR) is 118 cm³/mol. The summed E-state index contributed by atoms with van der Waals surface area (Å²) in [5, 5.41) is 10.8. The Bertz CT molecular complexity index is 1180. The van der Waals surface area contributed by atoms with Crippen LogP contribution in [0.3, 0.4) is 0 Å². The van der Waals surface area contributed by atoms with Crippen molar-refractivity contribution in [2.45, 2.75) is 19.4 Å². The van der Waals surface area contributed by atoms with Crippen LogP contribution in [0.1, 0.15) is 34.6 Å². The van der Waals surface area contributed by atoms with Gasteiger partial charge in [-0.25, -0.2) is 0 Å². The van der Waals surface area contributed by atoms with E-state index < -0.39 is 23.5 Å². The van der Waals surface area contributed by atoms with E-state index in [1.165, 1.54) is 31.4 Å². The maximum atomic E-state index is 13.2. The zero-order chi connectivity index (χ0) is 22.8. The van der Waals surface area contributed by atoms with Gasteiger partial charge in [0.15, 0.2) is 23.0 Å². The molecule has 1 aromatic heterocycles. The molecule has 0 saturated carbocycles. The Labute approximate surface area is 185 Å². The van der Waals surface area contributed by atoms with Crippen LogP contribution in [0.5, 0.6) is 11.5 Å². The fourth-order valence-corrected chi connectivity index (χ4v) is 3.87. The highest BCUT2D eigenvalue weighted by atomic mass is 16.5. The second-order valence-corrected chi connectivity index (χ2v) is 7.28. The molecule has 0 spiro atoms. The fourth-order valence-electron chi connectivity index (χ4n) is 3.87. The molecule has 3 aromatic rings. The third kappa shape index (κ3) is 3.51. The van der Waals surface area contributed by atoms with E-state index in [0.717, 1.165) is 12.0 Å². The zero-order valence-electron chi connectivity index (χ0n) is 18.0. The van der Waals surface area contributed by atoms with E-state index in [2.05, 4.69) is 0 Å². The summed E-state index contributed by atoms with van der Waals surface area (Å²) in [6.45, 7) is 2.04. The van der Waals surface area contributed by atoms with Gasteiger partial charge in [0, 0.05) is 11.8 Å². The smallest absolute Gasteiger partial charge is 0.294 e. The summed E-state index contributed by atoms with van der Waals surface area (Å²) < 4.78 is 15.9. The van der Waals surface area contributed by atoms with Crippen molar-refractivity contribution >= 4 is 17.4 Å². The van der Waals surface area contributed by atoms with Gasteiger partial charge in [0.2, 0.25) is 5.78 Å². The van der Waals surface area contributed by atoms with Gasteiger partial charge in [-0.3, -0.25) is 14.5 Å². The molecule has 1 amide bonds. The number of nitrogens with zero attached hydrogens (tertiary/aromatic N) is 1. The van der Waals surface area contributed by atoms with E-state index in [1.54, 1.807) is 24.3 Å². The van der Waals surface area contributed by atoms with E-state index in [9.17, 15) is 14.7 Å². The predicted octanol–water partition coefficient (Wildman–Crippen LogP) is 4.64. The molecule has 1 aliphatic heterocycles. The Balaban J connectivity index is 1.87. The minimum Gasteiger partial charge on any atom is -0.503 e. The summed E-state index contributed by atoms with van der Waals surface area (Å²) in [5.41, 5.74) is 2.21. The van der Waals surface area contributed by atoms with Crippen LogP contribution in [0, 0.1) is 0 Å². The minimum atomic E-state index is -0.843. The number of aryl methyl sites for hydroxylation is 1. The molecule has 1 unspecified atom stereocenters. The number of hydrogen-bond donors (Lipinski definition) is 1. The number of rotatable bonds is 7. The average molecular weight is 433 g/mol. The highest BCUT2D eigenvalue weighted by Gasteiger charge is 2.45. The molecule has 1 aliphatic rings. The molecule has 32 heavy (non-hydrogen) atoms. The molecule has 0 bridgehead atoms. The summed E-state index contributed by atoms with van der Waals surface area (Å²) >= 11 is 0. The number of anilines is 1. The number of carbonyl (C=O) groups excluding carboxylic acids is 2. The molecular formula is C25H23NO6. The van der Waals surface area contributed by atoms with Crippen molar-refractivity contribution in [3.63, 3.8) is 0 Å². The number of aliphatic hydroxyl groups excluding tert-OH is 1. The van der Waals surface area contributed by atoms with Gasteiger partial charge in [-0.05, 0) is 41.8 Å². The van der Waals surface area contributed by atoms with E-state index in [0.29, 0.717) is 22.7 Å². The van der Waals surface area contributed by atoms with Crippen LogP contribution in [0.15, 0.2) is 76.6 Å². The Kier molecular flexibility index (Phi) is 5.73. The van der Waals surface area contributed by atoms with E-state index in [1.807, 2.05) is 31.2 Å².